The number of nitrogens with one attached hydrogen (secondary N) is 1. The number of ether oxygens (including phenoxy) is 1. The molecule has 1 aliphatic heterocycles. The van der Waals surface area contributed by atoms with Crippen LogP contribution < -0.4 is 10.1 Å². The highest BCUT2D eigenvalue weighted by Crippen LogP contribution is 2.33. The van der Waals surface area contributed by atoms with Gasteiger partial charge in [0.1, 0.15) is 17.8 Å². The highest BCUT2D eigenvalue weighted by atomic mass is 19.4. The monoisotopic (exact) mass is 451 g/mol. The van der Waals surface area contributed by atoms with E-state index in [-0.39, 0.29) is 23.4 Å². The van der Waals surface area contributed by atoms with Gasteiger partial charge in [0.2, 0.25) is 0 Å². The summed E-state index contributed by atoms with van der Waals surface area (Å²) in [6.45, 7) is 2.81. The predicted octanol–water partition coefficient (Wildman–Crippen LogP) is 3.72. The Balaban J connectivity index is 1.87. The summed E-state index contributed by atoms with van der Waals surface area (Å²) in [5.41, 5.74) is -0.352. The maximum absolute atomic E-state index is 13.2. The van der Waals surface area contributed by atoms with Crippen LogP contribution in [0, 0.1) is 13.8 Å². The lowest BCUT2D eigenvalue weighted by Gasteiger charge is -2.26. The minimum Gasteiger partial charge on any atom is -0.497 e. The highest BCUT2D eigenvalue weighted by molar-refractivity contribution is 6.11. The van der Waals surface area contributed by atoms with Crippen molar-refractivity contribution < 1.29 is 32.3 Å². The zero-order valence-corrected chi connectivity index (χ0v) is 18.2. The van der Waals surface area contributed by atoms with Gasteiger partial charge in [-0.05, 0) is 44.0 Å². The molecule has 2 heterocycles. The van der Waals surface area contributed by atoms with Gasteiger partial charge >= 0.3 is 12.2 Å². The van der Waals surface area contributed by atoms with Gasteiger partial charge in [-0.1, -0.05) is 19.1 Å². The summed E-state index contributed by atoms with van der Waals surface area (Å²) in [7, 11) is 1.51. The molecular weight excluding hydrogens is 427 g/mol. The SMILES string of the molecule is CC[C@@]1(c2ccc(OC)cc2)NC(=O)N(CC(=O)c2cc(C)n(CC(F)(F)F)c2C)C1=O. The first-order chi connectivity index (χ1) is 14.9. The molecule has 0 aliphatic carbocycles. The van der Waals surface area contributed by atoms with E-state index < -0.39 is 42.5 Å². The summed E-state index contributed by atoms with van der Waals surface area (Å²) >= 11 is 0. The average Bonchev–Trinajstić information content (AvgIpc) is 3.15. The lowest BCUT2D eigenvalue weighted by atomic mass is 9.87. The second-order valence-corrected chi connectivity index (χ2v) is 7.72. The van der Waals surface area contributed by atoms with Crippen molar-refractivity contribution in [2.75, 3.05) is 13.7 Å². The van der Waals surface area contributed by atoms with E-state index in [1.807, 2.05) is 0 Å². The van der Waals surface area contributed by atoms with Gasteiger partial charge in [0.05, 0.1) is 13.7 Å². The first-order valence-corrected chi connectivity index (χ1v) is 9.99. The number of rotatable bonds is 7. The van der Waals surface area contributed by atoms with Crippen LogP contribution in [0.5, 0.6) is 5.75 Å². The summed E-state index contributed by atoms with van der Waals surface area (Å²) in [6.07, 6.45) is -4.20. The number of amides is 3. The van der Waals surface area contributed by atoms with Crippen molar-refractivity contribution in [2.24, 2.45) is 0 Å². The number of hydrogen-bond acceptors (Lipinski definition) is 4. The Kier molecular flexibility index (Phi) is 6.08. The van der Waals surface area contributed by atoms with Crippen LogP contribution in [-0.2, 0) is 16.9 Å². The Labute approximate surface area is 183 Å². The number of benzene rings is 1. The predicted molar refractivity (Wildman–Crippen MR) is 109 cm³/mol. The van der Waals surface area contributed by atoms with Crippen molar-refractivity contribution >= 4 is 17.7 Å². The molecule has 10 heteroatoms. The molecule has 0 unspecified atom stereocenters. The van der Waals surface area contributed by atoms with Gasteiger partial charge in [0.25, 0.3) is 5.91 Å². The molecule has 172 valence electrons. The van der Waals surface area contributed by atoms with E-state index in [9.17, 15) is 27.6 Å². The molecule has 3 rings (SSSR count). The number of imide groups is 1. The van der Waals surface area contributed by atoms with Gasteiger partial charge in [0, 0.05) is 17.0 Å². The second-order valence-electron chi connectivity index (χ2n) is 7.72. The zero-order valence-electron chi connectivity index (χ0n) is 18.2. The minimum absolute atomic E-state index is 0.0470. The fraction of sp³-hybridized carbons (Fsp3) is 0.409. The number of aryl methyl sites for hydroxylation is 1. The van der Waals surface area contributed by atoms with Crippen molar-refractivity contribution in [3.05, 3.63) is 52.8 Å². The van der Waals surface area contributed by atoms with Crippen molar-refractivity contribution in [3.63, 3.8) is 0 Å². The van der Waals surface area contributed by atoms with Crippen LogP contribution in [0.1, 0.15) is 40.7 Å². The quantitative estimate of drug-likeness (QED) is 0.514. The molecule has 1 aromatic heterocycles. The molecule has 1 fully saturated rings. The van der Waals surface area contributed by atoms with Crippen LogP contribution in [0.2, 0.25) is 0 Å². The lowest BCUT2D eigenvalue weighted by Crippen LogP contribution is -2.43. The smallest absolute Gasteiger partial charge is 0.406 e. The van der Waals surface area contributed by atoms with Crippen molar-refractivity contribution in [2.45, 2.75) is 45.5 Å². The Morgan fingerprint density at radius 1 is 1.16 bits per heavy atom. The van der Waals surface area contributed by atoms with Gasteiger partial charge < -0.3 is 14.6 Å². The maximum atomic E-state index is 13.2. The van der Waals surface area contributed by atoms with E-state index in [1.165, 1.54) is 27.0 Å². The van der Waals surface area contributed by atoms with Gasteiger partial charge in [-0.2, -0.15) is 13.2 Å². The molecule has 0 radical (unpaired) electrons. The van der Waals surface area contributed by atoms with Crippen molar-refractivity contribution in [1.82, 2.24) is 14.8 Å². The Hall–Kier alpha value is -3.30. The van der Waals surface area contributed by atoms with Gasteiger partial charge in [-0.3, -0.25) is 14.5 Å². The third kappa shape index (κ3) is 4.09. The number of alkyl halides is 3. The third-order valence-electron chi connectivity index (χ3n) is 5.80. The molecule has 1 aliphatic rings. The van der Waals surface area contributed by atoms with Crippen LogP contribution in [0.3, 0.4) is 0 Å². The Bertz CT molecular complexity index is 1060. The van der Waals surface area contributed by atoms with Gasteiger partial charge in [0.15, 0.2) is 5.78 Å². The molecule has 7 nitrogen and oxygen atoms in total. The van der Waals surface area contributed by atoms with Gasteiger partial charge in [-0.25, -0.2) is 4.79 Å². The number of Topliss-reactive ketones (excluding diaryl/α,β-unsaturated/α-hetero) is 1. The number of carbonyl (C=O) groups excluding carboxylic acids is 3. The molecule has 1 saturated heterocycles. The zero-order chi connectivity index (χ0) is 23.8. The fourth-order valence-corrected chi connectivity index (χ4v) is 4.02. The molecule has 1 aromatic carbocycles. The Morgan fingerprint density at radius 2 is 1.78 bits per heavy atom. The lowest BCUT2D eigenvalue weighted by molar-refractivity contribution is -0.141. The molecule has 3 amide bonds. The Morgan fingerprint density at radius 3 is 2.31 bits per heavy atom. The third-order valence-corrected chi connectivity index (χ3v) is 5.80. The highest BCUT2D eigenvalue weighted by Gasteiger charge is 2.51. The van der Waals surface area contributed by atoms with Crippen LogP contribution in [0.25, 0.3) is 0 Å². The van der Waals surface area contributed by atoms with E-state index >= 15 is 0 Å². The van der Waals surface area contributed by atoms with Crippen LogP contribution in [-0.4, -0.2) is 47.0 Å². The molecule has 32 heavy (non-hydrogen) atoms. The van der Waals surface area contributed by atoms with Crippen LogP contribution in [0.15, 0.2) is 30.3 Å². The number of ketones is 1. The fourth-order valence-electron chi connectivity index (χ4n) is 4.02. The molecular formula is C22H24F3N3O4. The van der Waals surface area contributed by atoms with E-state index in [1.54, 1.807) is 31.2 Å². The van der Waals surface area contributed by atoms with Crippen molar-refractivity contribution in [1.29, 1.82) is 0 Å². The first-order valence-electron chi connectivity index (χ1n) is 9.99. The summed E-state index contributed by atoms with van der Waals surface area (Å²) in [5, 5.41) is 2.68. The average molecular weight is 451 g/mol. The van der Waals surface area contributed by atoms with E-state index in [2.05, 4.69) is 5.32 Å². The molecule has 0 bridgehead atoms. The first kappa shape index (κ1) is 23.4. The largest absolute Gasteiger partial charge is 0.497 e. The van der Waals surface area contributed by atoms with E-state index in [0.29, 0.717) is 11.3 Å². The molecule has 0 saturated carbocycles. The van der Waals surface area contributed by atoms with Crippen molar-refractivity contribution in [3.8, 4) is 5.75 Å². The summed E-state index contributed by atoms with van der Waals surface area (Å²) < 4.78 is 44.7. The summed E-state index contributed by atoms with van der Waals surface area (Å²) in [4.78, 5) is 39.6. The number of aromatic nitrogens is 1. The topological polar surface area (TPSA) is 80.6 Å². The normalized spacial score (nSPS) is 18.8. The minimum atomic E-state index is -4.45. The number of methoxy groups -OCH3 is 1. The van der Waals surface area contributed by atoms with E-state index in [0.717, 1.165) is 9.47 Å². The van der Waals surface area contributed by atoms with Gasteiger partial charge in [-0.15, -0.1) is 0 Å². The summed E-state index contributed by atoms with van der Waals surface area (Å²) in [5.74, 6) is -0.623. The second kappa shape index (κ2) is 8.33. The van der Waals surface area contributed by atoms with E-state index in [4.69, 9.17) is 4.74 Å². The number of nitrogens with zero attached hydrogens (tertiary/aromatic N) is 2. The standard InChI is InChI=1S/C22H24F3N3O4/c1-5-21(15-6-8-16(32-4)9-7-15)19(30)27(20(31)26-21)11-18(29)17-10-13(2)28(14(17)3)12-22(23,24)25/h6-10H,5,11-12H2,1-4H3,(H,26,31)/t21-/m0/s1. The number of halogens is 3. The number of urea groups is 1. The van der Waals surface area contributed by atoms with Crippen LogP contribution in [0.4, 0.5) is 18.0 Å². The summed E-state index contributed by atoms with van der Waals surface area (Å²) in [6, 6.07) is 7.27. The molecule has 1 N–H and O–H groups in total. The molecule has 2 aromatic rings. The number of hydrogen-bond donors (Lipinski definition) is 1. The molecule has 0 spiro atoms. The maximum Gasteiger partial charge on any atom is 0.406 e. The molecule has 1 atom stereocenters. The van der Waals surface area contributed by atoms with Crippen LogP contribution >= 0.6 is 0 Å². The number of carbonyl (C=O) groups is 3.